The van der Waals surface area contributed by atoms with Crippen LogP contribution in [0.5, 0.6) is 17.2 Å². The van der Waals surface area contributed by atoms with E-state index in [2.05, 4.69) is 5.10 Å². The highest BCUT2D eigenvalue weighted by atomic mass is 16.3. The largest absolute Gasteiger partial charge is 0.508 e. The van der Waals surface area contributed by atoms with Crippen molar-refractivity contribution < 1.29 is 30.0 Å². The number of amides is 1. The standard InChI is InChI=1S/C21H22N2O6/c1-9-15(21(29)23(22-9)10(2)11-5-3-4-6-11)17-19(27)18(20(17)28)16-13(25)7-12(24)8-14(16)26/h7-8,10-11,24-27H,3-6H2,1-2H3. The number of hydrogen-bond acceptors (Lipinski definition) is 7. The van der Waals surface area contributed by atoms with Crippen LogP contribution in [0, 0.1) is 5.92 Å². The number of nitrogens with zero attached hydrogens (tertiary/aromatic N) is 2. The predicted molar refractivity (Wildman–Crippen MR) is 104 cm³/mol. The van der Waals surface area contributed by atoms with Crippen LogP contribution < -0.4 is 0 Å². The second-order valence-electron chi connectivity index (χ2n) is 7.78. The lowest BCUT2D eigenvalue weighted by molar-refractivity contribution is -0.129. The van der Waals surface area contributed by atoms with E-state index in [0.717, 1.165) is 37.8 Å². The molecule has 152 valence electrons. The first kappa shape index (κ1) is 19.0. The average Bonchev–Trinajstić information content (AvgIpc) is 3.28. The van der Waals surface area contributed by atoms with E-state index >= 15 is 0 Å². The molecule has 1 amide bonds. The molecule has 0 saturated heterocycles. The molecule has 8 heteroatoms. The summed E-state index contributed by atoms with van der Waals surface area (Å²) in [5.41, 5.74) is -0.373. The highest BCUT2D eigenvalue weighted by molar-refractivity contribution is 6.44. The van der Waals surface area contributed by atoms with Gasteiger partial charge in [0.05, 0.1) is 34.0 Å². The fourth-order valence-corrected chi connectivity index (χ4v) is 4.45. The summed E-state index contributed by atoms with van der Waals surface area (Å²) in [6, 6.07) is 1.79. The molecule has 1 aromatic carbocycles. The van der Waals surface area contributed by atoms with Crippen LogP contribution in [0.3, 0.4) is 0 Å². The number of aliphatic hydroxyl groups excluding tert-OH is 1. The van der Waals surface area contributed by atoms with Crippen LogP contribution in [-0.4, -0.2) is 48.9 Å². The number of ketones is 1. The summed E-state index contributed by atoms with van der Waals surface area (Å²) in [7, 11) is 0. The monoisotopic (exact) mass is 398 g/mol. The molecule has 3 aliphatic rings. The Balaban J connectivity index is 1.73. The molecule has 0 bridgehead atoms. The summed E-state index contributed by atoms with van der Waals surface area (Å²) >= 11 is 0. The number of Topliss-reactive ketones (excluding diaryl/α,β-unsaturated/α-hetero) is 1. The smallest absolute Gasteiger partial charge is 0.277 e. The molecular weight excluding hydrogens is 376 g/mol. The zero-order valence-electron chi connectivity index (χ0n) is 16.1. The first-order valence-electron chi connectivity index (χ1n) is 9.59. The van der Waals surface area contributed by atoms with E-state index in [4.69, 9.17) is 0 Å². The third kappa shape index (κ3) is 2.78. The maximum absolute atomic E-state index is 13.0. The van der Waals surface area contributed by atoms with Crippen molar-refractivity contribution in [3.63, 3.8) is 0 Å². The number of benzene rings is 1. The highest BCUT2D eigenvalue weighted by Gasteiger charge is 2.45. The number of allylic oxidation sites excluding steroid dienone is 2. The topological polar surface area (TPSA) is 131 Å². The molecule has 8 nitrogen and oxygen atoms in total. The second-order valence-corrected chi connectivity index (χ2v) is 7.78. The van der Waals surface area contributed by atoms with Crippen molar-refractivity contribution in [3.05, 3.63) is 34.6 Å². The Morgan fingerprint density at radius 3 is 2.14 bits per heavy atom. The highest BCUT2D eigenvalue weighted by Crippen LogP contribution is 2.47. The SMILES string of the molecule is CC1=NN(C(C)C2CCCC2)C(=O)C1=C1C(=O)C(c2c(O)cc(O)cc2O)=C1O. The normalized spacial score (nSPS) is 23.7. The molecule has 1 fully saturated rings. The van der Waals surface area contributed by atoms with Gasteiger partial charge in [-0.15, -0.1) is 0 Å². The van der Waals surface area contributed by atoms with Gasteiger partial charge in [-0.05, 0) is 32.6 Å². The molecule has 29 heavy (non-hydrogen) atoms. The summed E-state index contributed by atoms with van der Waals surface area (Å²) in [6.07, 6.45) is 4.30. The maximum atomic E-state index is 13.0. The zero-order chi connectivity index (χ0) is 21.0. The fraction of sp³-hybridized carbons (Fsp3) is 0.381. The van der Waals surface area contributed by atoms with E-state index in [9.17, 15) is 30.0 Å². The second kappa shape index (κ2) is 6.65. The number of hydrogen-bond donors (Lipinski definition) is 4. The molecule has 0 radical (unpaired) electrons. The van der Waals surface area contributed by atoms with Gasteiger partial charge < -0.3 is 20.4 Å². The lowest BCUT2D eigenvalue weighted by atomic mass is 9.79. The van der Waals surface area contributed by atoms with E-state index in [1.165, 1.54) is 5.01 Å². The lowest BCUT2D eigenvalue weighted by Crippen LogP contribution is -2.37. The molecular formula is C21H22N2O6. The van der Waals surface area contributed by atoms with Crippen LogP contribution in [0.2, 0.25) is 0 Å². The van der Waals surface area contributed by atoms with Crippen molar-refractivity contribution in [1.82, 2.24) is 5.01 Å². The third-order valence-electron chi connectivity index (χ3n) is 6.02. The van der Waals surface area contributed by atoms with Gasteiger partial charge in [-0.2, -0.15) is 5.10 Å². The van der Waals surface area contributed by atoms with E-state index in [0.29, 0.717) is 11.6 Å². The van der Waals surface area contributed by atoms with Gasteiger partial charge in [-0.1, -0.05) is 12.8 Å². The Hall–Kier alpha value is -3.29. The fourth-order valence-electron chi connectivity index (χ4n) is 4.45. The van der Waals surface area contributed by atoms with Crippen LogP contribution >= 0.6 is 0 Å². The summed E-state index contributed by atoms with van der Waals surface area (Å²) in [4.78, 5) is 25.8. The van der Waals surface area contributed by atoms with Gasteiger partial charge in [0.2, 0.25) is 5.78 Å². The summed E-state index contributed by atoms with van der Waals surface area (Å²) in [5, 5.41) is 45.7. The first-order valence-corrected chi connectivity index (χ1v) is 9.59. The van der Waals surface area contributed by atoms with Gasteiger partial charge in [0, 0.05) is 12.1 Å². The quantitative estimate of drug-likeness (QED) is 0.579. The number of phenols is 3. The zero-order valence-corrected chi connectivity index (χ0v) is 16.1. The van der Waals surface area contributed by atoms with E-state index in [1.54, 1.807) is 6.92 Å². The maximum Gasteiger partial charge on any atom is 0.277 e. The van der Waals surface area contributed by atoms with E-state index in [1.807, 2.05) is 6.92 Å². The van der Waals surface area contributed by atoms with Gasteiger partial charge in [0.15, 0.2) is 0 Å². The van der Waals surface area contributed by atoms with Gasteiger partial charge in [-0.25, -0.2) is 5.01 Å². The number of carbonyl (C=O) groups excluding carboxylic acids is 2. The Labute approximate surface area is 167 Å². The van der Waals surface area contributed by atoms with Gasteiger partial charge in [-0.3, -0.25) is 9.59 Å². The van der Waals surface area contributed by atoms with Crippen LogP contribution in [0.4, 0.5) is 0 Å². The number of phenolic OH excluding ortho intramolecular Hbond substituents is 3. The molecule has 2 aliphatic carbocycles. The molecule has 1 unspecified atom stereocenters. The van der Waals surface area contributed by atoms with Crippen molar-refractivity contribution in [1.29, 1.82) is 0 Å². The Bertz CT molecular complexity index is 1010. The molecule has 1 aliphatic heterocycles. The molecule has 0 spiro atoms. The minimum atomic E-state index is -0.674. The lowest BCUT2D eigenvalue weighted by Gasteiger charge is -2.27. The van der Waals surface area contributed by atoms with Crippen molar-refractivity contribution in [2.24, 2.45) is 11.0 Å². The van der Waals surface area contributed by atoms with Crippen molar-refractivity contribution in [2.75, 3.05) is 0 Å². The first-order chi connectivity index (χ1) is 13.7. The summed E-state index contributed by atoms with van der Waals surface area (Å²) in [6.45, 7) is 3.55. The number of carbonyl (C=O) groups is 2. The number of aromatic hydroxyl groups is 3. The van der Waals surface area contributed by atoms with Crippen LogP contribution in [-0.2, 0) is 9.59 Å². The van der Waals surface area contributed by atoms with Crippen LogP contribution in [0.15, 0.2) is 34.1 Å². The van der Waals surface area contributed by atoms with E-state index < -0.39 is 28.9 Å². The molecule has 0 aromatic heterocycles. The van der Waals surface area contributed by atoms with Crippen LogP contribution in [0.25, 0.3) is 5.57 Å². The molecule has 1 saturated carbocycles. The Morgan fingerprint density at radius 2 is 1.59 bits per heavy atom. The van der Waals surface area contributed by atoms with Crippen molar-refractivity contribution >= 4 is 23.0 Å². The number of rotatable bonds is 3. The molecule has 1 atom stereocenters. The van der Waals surface area contributed by atoms with Gasteiger partial charge >= 0.3 is 0 Å². The Morgan fingerprint density at radius 1 is 1.00 bits per heavy atom. The van der Waals surface area contributed by atoms with Crippen molar-refractivity contribution in [2.45, 2.75) is 45.6 Å². The van der Waals surface area contributed by atoms with Crippen LogP contribution in [0.1, 0.15) is 45.1 Å². The summed E-state index contributed by atoms with van der Waals surface area (Å²) in [5.74, 6) is -2.74. The van der Waals surface area contributed by atoms with Gasteiger partial charge in [0.25, 0.3) is 5.91 Å². The molecule has 1 heterocycles. The molecule has 1 aromatic rings. The third-order valence-corrected chi connectivity index (χ3v) is 6.02. The molecule has 4 rings (SSSR count). The minimum absolute atomic E-state index is 0.0406. The summed E-state index contributed by atoms with van der Waals surface area (Å²) < 4.78 is 0. The average molecular weight is 398 g/mol. The van der Waals surface area contributed by atoms with E-state index in [-0.39, 0.29) is 34.1 Å². The van der Waals surface area contributed by atoms with Gasteiger partial charge in [0.1, 0.15) is 23.0 Å². The number of aliphatic hydroxyl groups is 1. The molecule has 4 N–H and O–H groups in total. The number of hydrazone groups is 1. The van der Waals surface area contributed by atoms with Crippen molar-refractivity contribution in [3.8, 4) is 17.2 Å². The minimum Gasteiger partial charge on any atom is -0.508 e. The Kier molecular flexibility index (Phi) is 4.37. The predicted octanol–water partition coefficient (Wildman–Crippen LogP) is 2.75.